The van der Waals surface area contributed by atoms with Crippen molar-refractivity contribution in [1.82, 2.24) is 4.67 Å². The average Bonchev–Trinajstić information content (AvgIpc) is 2.56. The summed E-state index contributed by atoms with van der Waals surface area (Å²) in [5, 5.41) is 0. The smallest absolute Gasteiger partial charge is 0.0388 e. The Labute approximate surface area is 137 Å². The van der Waals surface area contributed by atoms with E-state index < -0.39 is 0 Å². The Bertz CT molecular complexity index is 491. The molecule has 0 spiro atoms. The van der Waals surface area contributed by atoms with Crippen LogP contribution in [0.1, 0.15) is 49.9 Å². The lowest BCUT2D eigenvalue weighted by Crippen LogP contribution is -2.28. The molecule has 0 aromatic heterocycles. The average molecular weight is 313 g/mol. The van der Waals surface area contributed by atoms with E-state index >= 15 is 0 Å². The van der Waals surface area contributed by atoms with Crippen LogP contribution in [-0.4, -0.2) is 18.0 Å². The molecule has 2 aromatic rings. The van der Waals surface area contributed by atoms with E-state index in [4.69, 9.17) is 0 Å². The summed E-state index contributed by atoms with van der Waals surface area (Å²) >= 11 is 0. The first-order valence-electron chi connectivity index (χ1n) is 8.24. The molecule has 0 heterocycles. The van der Waals surface area contributed by atoms with Crippen molar-refractivity contribution in [1.29, 1.82) is 0 Å². The molecule has 118 valence electrons. The monoisotopic (exact) mass is 313 g/mol. The third-order valence-electron chi connectivity index (χ3n) is 4.24. The molecule has 2 aromatic carbocycles. The van der Waals surface area contributed by atoms with Crippen molar-refractivity contribution in [2.45, 2.75) is 38.8 Å². The zero-order chi connectivity index (χ0) is 15.9. The lowest BCUT2D eigenvalue weighted by Gasteiger charge is -2.41. The molecular weight excluding hydrogens is 285 g/mol. The summed E-state index contributed by atoms with van der Waals surface area (Å²) in [6, 6.07) is 22.9. The molecule has 0 amide bonds. The molecule has 0 N–H and O–H groups in total. The molecule has 1 nitrogen and oxygen atoms in total. The second-order valence-corrected chi connectivity index (χ2v) is 8.05. The molecule has 0 aliphatic heterocycles. The van der Waals surface area contributed by atoms with Crippen LogP contribution in [0.3, 0.4) is 0 Å². The molecule has 0 fully saturated rings. The van der Waals surface area contributed by atoms with Crippen LogP contribution in [0.15, 0.2) is 60.7 Å². The fraction of sp³-hybridized carbons (Fsp3) is 0.400. The van der Waals surface area contributed by atoms with Gasteiger partial charge in [-0.15, -0.1) is 0 Å². The van der Waals surface area contributed by atoms with Gasteiger partial charge in [-0.3, -0.25) is 4.67 Å². The van der Waals surface area contributed by atoms with E-state index in [0.717, 1.165) is 12.8 Å². The van der Waals surface area contributed by atoms with E-state index in [0.29, 0.717) is 12.1 Å². The zero-order valence-corrected chi connectivity index (χ0v) is 15.1. The van der Waals surface area contributed by atoms with Crippen LogP contribution in [0.4, 0.5) is 0 Å². The van der Waals surface area contributed by atoms with Gasteiger partial charge in [-0.25, -0.2) is 0 Å². The minimum absolute atomic E-state index is 0.168. The van der Waals surface area contributed by atoms with Gasteiger partial charge in [-0.2, -0.15) is 0 Å². The fourth-order valence-electron chi connectivity index (χ4n) is 3.28. The number of benzene rings is 2. The van der Waals surface area contributed by atoms with Gasteiger partial charge in [0.05, 0.1) is 0 Å². The minimum Gasteiger partial charge on any atom is -0.268 e. The molecule has 2 atom stereocenters. The maximum atomic E-state index is 2.75. The van der Waals surface area contributed by atoms with Crippen LogP contribution in [0.25, 0.3) is 0 Å². The highest BCUT2D eigenvalue weighted by atomic mass is 31.1. The fourth-order valence-corrected chi connectivity index (χ4v) is 4.98. The number of nitrogens with zero attached hydrogens (tertiary/aromatic N) is 1. The highest BCUT2D eigenvalue weighted by Crippen LogP contribution is 2.48. The number of rotatable bonds is 7. The van der Waals surface area contributed by atoms with E-state index in [2.05, 4.69) is 92.5 Å². The van der Waals surface area contributed by atoms with Gasteiger partial charge in [-0.1, -0.05) is 74.5 Å². The molecule has 22 heavy (non-hydrogen) atoms. The van der Waals surface area contributed by atoms with E-state index in [9.17, 15) is 0 Å². The van der Waals surface area contributed by atoms with Crippen molar-refractivity contribution >= 4 is 8.07 Å². The standard InChI is InChI=1S/C20H28NP/c1-5-19(17-13-9-7-10-14-17)21(22(3)4)20(6-2)18-15-11-8-12-16-18/h7-16,19-20H,5-6H2,1-4H3/t19-,20-/m1/s1. The van der Waals surface area contributed by atoms with Gasteiger partial charge in [0.25, 0.3) is 0 Å². The van der Waals surface area contributed by atoms with Crippen LogP contribution in [0.2, 0.25) is 0 Å². The van der Waals surface area contributed by atoms with Gasteiger partial charge >= 0.3 is 0 Å². The van der Waals surface area contributed by atoms with Crippen molar-refractivity contribution < 1.29 is 0 Å². The molecule has 0 aliphatic rings. The van der Waals surface area contributed by atoms with Crippen LogP contribution >= 0.6 is 8.07 Å². The SMILES string of the molecule is CC[C@H](c1ccccc1)N([C@H](CC)c1ccccc1)P(C)C. The van der Waals surface area contributed by atoms with E-state index in [1.807, 2.05) is 0 Å². The highest BCUT2D eigenvalue weighted by Gasteiger charge is 2.28. The van der Waals surface area contributed by atoms with Crippen LogP contribution in [0, 0.1) is 0 Å². The zero-order valence-electron chi connectivity index (χ0n) is 14.2. The predicted molar refractivity (Wildman–Crippen MR) is 99.6 cm³/mol. The molecular formula is C20H28NP. The Hall–Kier alpha value is -1.17. The summed E-state index contributed by atoms with van der Waals surface area (Å²) in [4.78, 5) is 0. The number of hydrogen-bond donors (Lipinski definition) is 0. The van der Waals surface area contributed by atoms with Gasteiger partial charge in [0.2, 0.25) is 0 Å². The van der Waals surface area contributed by atoms with Crippen molar-refractivity contribution in [3.63, 3.8) is 0 Å². The van der Waals surface area contributed by atoms with Gasteiger partial charge in [0.1, 0.15) is 0 Å². The van der Waals surface area contributed by atoms with Gasteiger partial charge in [0, 0.05) is 12.1 Å². The topological polar surface area (TPSA) is 3.24 Å². The molecule has 0 unspecified atom stereocenters. The first-order valence-corrected chi connectivity index (χ1v) is 10.4. The quantitative estimate of drug-likeness (QED) is 0.546. The summed E-state index contributed by atoms with van der Waals surface area (Å²) in [6.45, 7) is 9.38. The molecule has 2 heteroatoms. The molecule has 0 saturated heterocycles. The van der Waals surface area contributed by atoms with Gasteiger partial charge in [-0.05, 0) is 45.4 Å². The summed E-state index contributed by atoms with van der Waals surface area (Å²) in [6.07, 6.45) is 2.29. The van der Waals surface area contributed by atoms with Gasteiger partial charge in [0.15, 0.2) is 0 Å². The van der Waals surface area contributed by atoms with E-state index in [1.54, 1.807) is 0 Å². The number of hydrogen-bond acceptors (Lipinski definition) is 1. The lowest BCUT2D eigenvalue weighted by atomic mass is 9.99. The summed E-state index contributed by atoms with van der Waals surface area (Å²) in [7, 11) is -0.168. The van der Waals surface area contributed by atoms with E-state index in [-0.39, 0.29) is 8.07 Å². The summed E-state index contributed by atoms with van der Waals surface area (Å²) < 4.78 is 2.75. The van der Waals surface area contributed by atoms with Crippen molar-refractivity contribution in [2.75, 3.05) is 13.3 Å². The maximum Gasteiger partial charge on any atom is 0.0388 e. The Balaban J connectivity index is 2.39. The summed E-state index contributed by atoms with van der Waals surface area (Å²) in [5.41, 5.74) is 2.88. The first-order chi connectivity index (χ1) is 10.7. The Morgan fingerprint density at radius 3 is 1.36 bits per heavy atom. The molecule has 0 radical (unpaired) electrons. The second-order valence-electron chi connectivity index (χ2n) is 5.90. The Kier molecular flexibility index (Phi) is 6.61. The lowest BCUT2D eigenvalue weighted by molar-refractivity contribution is 0.256. The normalized spacial score (nSPS) is 14.3. The highest BCUT2D eigenvalue weighted by molar-refractivity contribution is 7.53. The Morgan fingerprint density at radius 1 is 0.727 bits per heavy atom. The van der Waals surface area contributed by atoms with E-state index in [1.165, 1.54) is 11.1 Å². The third kappa shape index (κ3) is 3.97. The Morgan fingerprint density at radius 2 is 1.09 bits per heavy atom. The van der Waals surface area contributed by atoms with Crippen LogP contribution in [-0.2, 0) is 0 Å². The van der Waals surface area contributed by atoms with Crippen molar-refractivity contribution in [3.05, 3.63) is 71.8 Å². The summed E-state index contributed by atoms with van der Waals surface area (Å²) in [5.74, 6) is 0. The molecule has 0 aliphatic carbocycles. The minimum atomic E-state index is -0.168. The molecule has 0 bridgehead atoms. The maximum absolute atomic E-state index is 2.75. The first kappa shape index (κ1) is 17.2. The largest absolute Gasteiger partial charge is 0.268 e. The van der Waals surface area contributed by atoms with Crippen LogP contribution in [0.5, 0.6) is 0 Å². The van der Waals surface area contributed by atoms with Crippen molar-refractivity contribution in [3.8, 4) is 0 Å². The van der Waals surface area contributed by atoms with Crippen LogP contribution < -0.4 is 0 Å². The molecule has 2 rings (SSSR count). The second kappa shape index (κ2) is 8.46. The van der Waals surface area contributed by atoms with Crippen molar-refractivity contribution in [2.24, 2.45) is 0 Å². The molecule has 0 saturated carbocycles. The third-order valence-corrected chi connectivity index (χ3v) is 5.72. The van der Waals surface area contributed by atoms with Gasteiger partial charge < -0.3 is 0 Å². The predicted octanol–water partition coefficient (Wildman–Crippen LogP) is 6.25.